The number of hydrogen-bond acceptors (Lipinski definition) is 8. The molecule has 0 spiro atoms. The van der Waals surface area contributed by atoms with E-state index in [1.54, 1.807) is 43.3 Å². The third-order valence-corrected chi connectivity index (χ3v) is 6.91. The molecule has 8 nitrogen and oxygen atoms in total. The van der Waals surface area contributed by atoms with Crippen LogP contribution in [-0.2, 0) is 9.59 Å². The monoisotopic (exact) mass is 491 g/mol. The highest BCUT2D eigenvalue weighted by atomic mass is 32.1. The molecule has 9 heteroatoms. The second-order valence-electron chi connectivity index (χ2n) is 8.15. The van der Waals surface area contributed by atoms with Crippen LogP contribution in [0.25, 0.3) is 5.76 Å². The number of nitrogens with zero attached hydrogens (tertiary/aromatic N) is 3. The van der Waals surface area contributed by atoms with Gasteiger partial charge < -0.3 is 9.84 Å². The SMILES string of the molecule is CCCCOc1cccc(C2/C(=C(\O)c3ccncc3)C(=O)C(=O)N2c2nc(C)c(C(C)=O)s2)c1. The summed E-state index contributed by atoms with van der Waals surface area (Å²) in [5.74, 6) is -1.56. The van der Waals surface area contributed by atoms with E-state index in [4.69, 9.17) is 4.74 Å². The third kappa shape index (κ3) is 4.72. The Bertz CT molecular complexity index is 1320. The van der Waals surface area contributed by atoms with Crippen molar-refractivity contribution >= 4 is 39.7 Å². The van der Waals surface area contributed by atoms with Crippen molar-refractivity contribution in [3.63, 3.8) is 0 Å². The highest BCUT2D eigenvalue weighted by Crippen LogP contribution is 2.44. The molecule has 3 heterocycles. The van der Waals surface area contributed by atoms with Crippen molar-refractivity contribution in [2.75, 3.05) is 11.5 Å². The summed E-state index contributed by atoms with van der Waals surface area (Å²) in [6.07, 6.45) is 4.85. The van der Waals surface area contributed by atoms with Crippen molar-refractivity contribution in [2.24, 2.45) is 0 Å². The van der Waals surface area contributed by atoms with Gasteiger partial charge in [-0.1, -0.05) is 36.8 Å². The van der Waals surface area contributed by atoms with Crippen LogP contribution in [0.2, 0.25) is 0 Å². The summed E-state index contributed by atoms with van der Waals surface area (Å²) >= 11 is 1.05. The summed E-state index contributed by atoms with van der Waals surface area (Å²) < 4.78 is 5.84. The van der Waals surface area contributed by atoms with E-state index in [9.17, 15) is 19.5 Å². The number of ketones is 2. The first-order valence-electron chi connectivity index (χ1n) is 11.3. The van der Waals surface area contributed by atoms with Gasteiger partial charge in [0.2, 0.25) is 0 Å². The van der Waals surface area contributed by atoms with Gasteiger partial charge in [-0.2, -0.15) is 0 Å². The Morgan fingerprint density at radius 2 is 1.94 bits per heavy atom. The number of carbonyl (C=O) groups excluding carboxylic acids is 3. The molecule has 1 N–H and O–H groups in total. The van der Waals surface area contributed by atoms with Crippen LogP contribution in [0.1, 0.15) is 59.2 Å². The number of amides is 1. The maximum atomic E-state index is 13.3. The fourth-order valence-electron chi connectivity index (χ4n) is 3.93. The predicted molar refractivity (Wildman–Crippen MR) is 133 cm³/mol. The van der Waals surface area contributed by atoms with Crippen LogP contribution in [-0.4, -0.2) is 39.2 Å². The van der Waals surface area contributed by atoms with Crippen LogP contribution in [0.5, 0.6) is 5.75 Å². The lowest BCUT2D eigenvalue weighted by Crippen LogP contribution is -2.29. The van der Waals surface area contributed by atoms with Crippen LogP contribution in [0.4, 0.5) is 5.13 Å². The number of aryl methyl sites for hydroxylation is 1. The van der Waals surface area contributed by atoms with Crippen molar-refractivity contribution in [1.29, 1.82) is 0 Å². The van der Waals surface area contributed by atoms with Gasteiger partial charge in [-0.3, -0.25) is 24.3 Å². The Balaban J connectivity index is 1.89. The molecule has 1 aromatic carbocycles. The average Bonchev–Trinajstić information content (AvgIpc) is 3.36. The first kappa shape index (κ1) is 24.3. The zero-order valence-corrected chi connectivity index (χ0v) is 20.5. The molecule has 1 amide bonds. The Morgan fingerprint density at radius 3 is 2.60 bits per heavy atom. The van der Waals surface area contributed by atoms with E-state index in [2.05, 4.69) is 16.9 Å². The molecule has 2 aromatic heterocycles. The fourth-order valence-corrected chi connectivity index (χ4v) is 4.92. The molecule has 1 fully saturated rings. The number of pyridine rings is 1. The van der Waals surface area contributed by atoms with E-state index in [1.165, 1.54) is 24.2 Å². The number of thiazole rings is 1. The number of anilines is 1. The number of aromatic nitrogens is 2. The van der Waals surface area contributed by atoms with E-state index in [0.29, 0.717) is 34.1 Å². The fraction of sp³-hybridized carbons (Fsp3) is 0.269. The minimum atomic E-state index is -0.955. The second kappa shape index (κ2) is 10.2. The molecule has 1 unspecified atom stereocenters. The van der Waals surface area contributed by atoms with E-state index >= 15 is 0 Å². The lowest BCUT2D eigenvalue weighted by atomic mass is 9.95. The van der Waals surface area contributed by atoms with Gasteiger partial charge >= 0.3 is 5.91 Å². The molecular formula is C26H25N3O5S. The minimum absolute atomic E-state index is 0.0656. The molecule has 1 aliphatic heterocycles. The lowest BCUT2D eigenvalue weighted by Gasteiger charge is -2.23. The van der Waals surface area contributed by atoms with Crippen molar-refractivity contribution < 1.29 is 24.2 Å². The summed E-state index contributed by atoms with van der Waals surface area (Å²) in [7, 11) is 0. The molecule has 0 bridgehead atoms. The summed E-state index contributed by atoms with van der Waals surface area (Å²) in [6.45, 7) is 5.71. The van der Waals surface area contributed by atoms with Crippen LogP contribution in [0, 0.1) is 6.92 Å². The topological polar surface area (TPSA) is 110 Å². The Labute approximate surface area is 206 Å². The zero-order valence-electron chi connectivity index (χ0n) is 19.6. The highest BCUT2D eigenvalue weighted by Gasteiger charge is 2.48. The first-order valence-corrected chi connectivity index (χ1v) is 12.1. The largest absolute Gasteiger partial charge is 0.507 e. The maximum Gasteiger partial charge on any atom is 0.301 e. The first-order chi connectivity index (χ1) is 16.8. The second-order valence-corrected chi connectivity index (χ2v) is 9.12. The molecule has 1 atom stereocenters. The van der Waals surface area contributed by atoms with Gasteiger partial charge in [0.15, 0.2) is 10.9 Å². The summed E-state index contributed by atoms with van der Waals surface area (Å²) in [5.41, 5.74) is 1.34. The van der Waals surface area contributed by atoms with Gasteiger partial charge in [0, 0.05) is 24.9 Å². The van der Waals surface area contributed by atoms with Gasteiger partial charge in [0.05, 0.1) is 28.8 Å². The van der Waals surface area contributed by atoms with Gasteiger partial charge in [0.1, 0.15) is 11.5 Å². The predicted octanol–water partition coefficient (Wildman–Crippen LogP) is 4.85. The van der Waals surface area contributed by atoms with E-state index in [0.717, 1.165) is 24.2 Å². The number of aliphatic hydroxyl groups excluding tert-OH is 1. The molecule has 3 aromatic rings. The van der Waals surface area contributed by atoms with Crippen molar-refractivity contribution in [1.82, 2.24) is 9.97 Å². The quantitative estimate of drug-likeness (QED) is 0.158. The van der Waals surface area contributed by atoms with Gasteiger partial charge in [-0.25, -0.2) is 4.98 Å². The number of Topliss-reactive ketones (excluding diaryl/α,β-unsaturated/α-hetero) is 2. The molecule has 0 aliphatic carbocycles. The summed E-state index contributed by atoms with van der Waals surface area (Å²) in [5, 5.41) is 11.4. The van der Waals surface area contributed by atoms with E-state index in [1.807, 2.05) is 0 Å². The summed E-state index contributed by atoms with van der Waals surface area (Å²) in [6, 6.07) is 9.26. The number of carbonyl (C=O) groups is 3. The molecule has 1 aliphatic rings. The smallest absolute Gasteiger partial charge is 0.301 e. The Kier molecular flexibility index (Phi) is 7.07. The zero-order chi connectivity index (χ0) is 25.1. The Hall–Kier alpha value is -3.85. The van der Waals surface area contributed by atoms with Crippen molar-refractivity contribution in [3.8, 4) is 5.75 Å². The van der Waals surface area contributed by atoms with E-state index < -0.39 is 17.7 Å². The molecule has 180 valence electrons. The molecule has 4 rings (SSSR count). The number of aliphatic hydroxyl groups is 1. The highest BCUT2D eigenvalue weighted by molar-refractivity contribution is 7.18. The number of unbranched alkanes of at least 4 members (excludes halogenated alkanes) is 1. The van der Waals surface area contributed by atoms with Gasteiger partial charge in [-0.15, -0.1) is 0 Å². The third-order valence-electron chi connectivity index (χ3n) is 5.65. The number of hydrogen-bond donors (Lipinski definition) is 1. The van der Waals surface area contributed by atoms with Crippen LogP contribution >= 0.6 is 11.3 Å². The van der Waals surface area contributed by atoms with Gasteiger partial charge in [-0.05, 0) is 43.2 Å². The summed E-state index contributed by atoms with van der Waals surface area (Å²) in [4.78, 5) is 48.6. The minimum Gasteiger partial charge on any atom is -0.507 e. The molecular weight excluding hydrogens is 466 g/mol. The average molecular weight is 492 g/mol. The van der Waals surface area contributed by atoms with Crippen LogP contribution < -0.4 is 9.64 Å². The number of benzene rings is 1. The van der Waals surface area contributed by atoms with Crippen molar-refractivity contribution in [2.45, 2.75) is 39.7 Å². The van der Waals surface area contributed by atoms with Gasteiger partial charge in [0.25, 0.3) is 5.78 Å². The van der Waals surface area contributed by atoms with Crippen LogP contribution in [0.3, 0.4) is 0 Å². The van der Waals surface area contributed by atoms with Crippen molar-refractivity contribution in [3.05, 3.63) is 76.1 Å². The van der Waals surface area contributed by atoms with E-state index in [-0.39, 0.29) is 22.2 Å². The van der Waals surface area contributed by atoms with Crippen LogP contribution in [0.15, 0.2) is 54.4 Å². The normalized spacial score (nSPS) is 17.1. The molecule has 35 heavy (non-hydrogen) atoms. The number of rotatable bonds is 8. The molecule has 1 saturated heterocycles. The molecule has 0 radical (unpaired) electrons. The standard InChI is InChI=1S/C26H25N3O5S/c1-4-5-13-34-19-8-6-7-18(14-19)21-20(22(31)17-9-11-27-12-10-17)23(32)25(33)29(21)26-28-15(2)24(35-26)16(3)30/h6-12,14,21,31H,4-5,13H2,1-3H3/b22-20+. The Morgan fingerprint density at radius 1 is 1.20 bits per heavy atom. The lowest BCUT2D eigenvalue weighted by molar-refractivity contribution is -0.132. The maximum absolute atomic E-state index is 13.3. The molecule has 0 saturated carbocycles. The number of ether oxygens (including phenoxy) is 1.